The Morgan fingerprint density at radius 2 is 2.26 bits per heavy atom. The van der Waals surface area contributed by atoms with E-state index in [4.69, 9.17) is 5.73 Å². The maximum absolute atomic E-state index is 12.4. The lowest BCUT2D eigenvalue weighted by Gasteiger charge is -2.18. The number of benzene rings is 1. The molecule has 6 nitrogen and oxygen atoms in total. The molecule has 1 aromatic carbocycles. The summed E-state index contributed by atoms with van der Waals surface area (Å²) in [4.78, 5) is 13.9. The van der Waals surface area contributed by atoms with Crippen molar-refractivity contribution < 1.29 is 9.90 Å². The van der Waals surface area contributed by atoms with Crippen molar-refractivity contribution >= 4 is 17.3 Å². The van der Waals surface area contributed by atoms with E-state index in [0.29, 0.717) is 23.6 Å². The summed E-state index contributed by atoms with van der Waals surface area (Å²) >= 11 is 0. The molecular formula is C13H16N4O2. The zero-order chi connectivity index (χ0) is 14.0. The number of anilines is 2. The van der Waals surface area contributed by atoms with Crippen LogP contribution in [0.5, 0.6) is 5.75 Å². The van der Waals surface area contributed by atoms with E-state index < -0.39 is 0 Å². The quantitative estimate of drug-likeness (QED) is 0.875. The van der Waals surface area contributed by atoms with Crippen LogP contribution in [0, 0.1) is 0 Å². The van der Waals surface area contributed by atoms with Crippen LogP contribution in [0.2, 0.25) is 0 Å². The van der Waals surface area contributed by atoms with Crippen LogP contribution in [0.25, 0.3) is 0 Å². The van der Waals surface area contributed by atoms with Crippen LogP contribution in [0.3, 0.4) is 0 Å². The number of rotatable bonds is 3. The van der Waals surface area contributed by atoms with Crippen LogP contribution in [0.4, 0.5) is 11.4 Å². The fourth-order valence-electron chi connectivity index (χ4n) is 1.85. The van der Waals surface area contributed by atoms with Crippen molar-refractivity contribution in [2.24, 2.45) is 0 Å². The van der Waals surface area contributed by atoms with Crippen molar-refractivity contribution in [2.45, 2.75) is 13.5 Å². The lowest BCUT2D eigenvalue weighted by Crippen LogP contribution is -2.29. The number of carbonyl (C=O) groups is 1. The number of carbonyl (C=O) groups excluding carboxylic acids is 1. The summed E-state index contributed by atoms with van der Waals surface area (Å²) in [6.45, 7) is 2.45. The van der Waals surface area contributed by atoms with Crippen molar-refractivity contribution in [1.82, 2.24) is 9.78 Å². The van der Waals surface area contributed by atoms with Crippen molar-refractivity contribution in [1.29, 1.82) is 0 Å². The summed E-state index contributed by atoms with van der Waals surface area (Å²) < 4.78 is 1.55. The summed E-state index contributed by atoms with van der Waals surface area (Å²) in [5.41, 5.74) is 7.08. The second-order valence-corrected chi connectivity index (χ2v) is 4.15. The zero-order valence-electron chi connectivity index (χ0n) is 10.9. The summed E-state index contributed by atoms with van der Waals surface area (Å²) in [6, 6.07) is 6.47. The molecule has 3 N–H and O–H groups in total. The van der Waals surface area contributed by atoms with Gasteiger partial charge < -0.3 is 15.7 Å². The van der Waals surface area contributed by atoms with Crippen molar-refractivity contribution in [3.8, 4) is 5.75 Å². The van der Waals surface area contributed by atoms with Gasteiger partial charge in [-0.2, -0.15) is 5.10 Å². The summed E-state index contributed by atoms with van der Waals surface area (Å²) in [5.74, 6) is -0.156. The van der Waals surface area contributed by atoms with E-state index in [1.807, 2.05) is 6.92 Å². The number of nitrogens with zero attached hydrogens (tertiary/aromatic N) is 3. The van der Waals surface area contributed by atoms with Gasteiger partial charge in [-0.05, 0) is 19.1 Å². The molecule has 0 atom stereocenters. The van der Waals surface area contributed by atoms with Gasteiger partial charge in [0.05, 0.1) is 11.9 Å². The standard InChI is InChI=1S/C13H16N4O2/c1-3-17-12(11(14)8-15-17)13(19)16(2)9-5-4-6-10(18)7-9/h4-8,18H,3,14H2,1-2H3. The lowest BCUT2D eigenvalue weighted by molar-refractivity contribution is 0.0983. The number of aromatic nitrogens is 2. The Morgan fingerprint density at radius 1 is 1.53 bits per heavy atom. The summed E-state index contributed by atoms with van der Waals surface area (Å²) in [7, 11) is 1.63. The van der Waals surface area contributed by atoms with E-state index in [1.54, 1.807) is 29.9 Å². The Kier molecular flexibility index (Phi) is 3.41. The highest BCUT2D eigenvalue weighted by Gasteiger charge is 2.21. The molecule has 0 saturated carbocycles. The summed E-state index contributed by atoms with van der Waals surface area (Å²) in [5, 5.41) is 13.5. The Hall–Kier alpha value is -2.50. The van der Waals surface area contributed by atoms with Crippen molar-refractivity contribution in [3.05, 3.63) is 36.2 Å². The molecule has 19 heavy (non-hydrogen) atoms. The molecule has 0 spiro atoms. The van der Waals surface area contributed by atoms with Gasteiger partial charge in [0.2, 0.25) is 0 Å². The van der Waals surface area contributed by atoms with Gasteiger partial charge in [-0.15, -0.1) is 0 Å². The molecular weight excluding hydrogens is 244 g/mol. The third-order valence-electron chi connectivity index (χ3n) is 2.89. The molecule has 0 aliphatic rings. The molecule has 0 fully saturated rings. The van der Waals surface area contributed by atoms with Gasteiger partial charge in [0.15, 0.2) is 0 Å². The molecule has 2 aromatic rings. The first kappa shape index (κ1) is 12.9. The smallest absolute Gasteiger partial charge is 0.278 e. The highest BCUT2D eigenvalue weighted by Crippen LogP contribution is 2.22. The van der Waals surface area contributed by atoms with Crippen LogP contribution in [-0.2, 0) is 6.54 Å². The van der Waals surface area contributed by atoms with Gasteiger partial charge in [0.1, 0.15) is 11.4 Å². The second-order valence-electron chi connectivity index (χ2n) is 4.15. The van der Waals surface area contributed by atoms with E-state index >= 15 is 0 Å². The molecule has 0 radical (unpaired) electrons. The predicted octanol–water partition coefficient (Wildman–Crippen LogP) is 1.47. The zero-order valence-corrected chi connectivity index (χ0v) is 10.9. The van der Waals surface area contributed by atoms with E-state index in [-0.39, 0.29) is 11.7 Å². The van der Waals surface area contributed by atoms with Crippen LogP contribution in [0.15, 0.2) is 30.5 Å². The number of nitrogen functional groups attached to an aromatic ring is 1. The fourth-order valence-corrected chi connectivity index (χ4v) is 1.85. The van der Waals surface area contributed by atoms with Gasteiger partial charge in [-0.3, -0.25) is 9.48 Å². The van der Waals surface area contributed by atoms with Gasteiger partial charge in [-0.1, -0.05) is 6.07 Å². The average molecular weight is 260 g/mol. The monoisotopic (exact) mass is 260 g/mol. The number of amides is 1. The first-order chi connectivity index (χ1) is 9.04. The molecule has 0 aliphatic carbocycles. The number of hydrogen-bond acceptors (Lipinski definition) is 4. The highest BCUT2D eigenvalue weighted by molar-refractivity contribution is 6.07. The number of aromatic hydroxyl groups is 1. The molecule has 0 aliphatic heterocycles. The predicted molar refractivity (Wildman–Crippen MR) is 73.2 cm³/mol. The third kappa shape index (κ3) is 2.37. The number of phenolic OH excluding ortho intramolecular Hbond substituents is 1. The van der Waals surface area contributed by atoms with Crippen LogP contribution in [0.1, 0.15) is 17.4 Å². The normalized spacial score (nSPS) is 10.4. The van der Waals surface area contributed by atoms with Crippen molar-refractivity contribution in [3.63, 3.8) is 0 Å². The van der Waals surface area contributed by atoms with Crippen LogP contribution >= 0.6 is 0 Å². The minimum atomic E-state index is -0.262. The minimum Gasteiger partial charge on any atom is -0.508 e. The van der Waals surface area contributed by atoms with Gasteiger partial charge >= 0.3 is 0 Å². The molecule has 2 rings (SSSR count). The van der Waals surface area contributed by atoms with E-state index in [0.717, 1.165) is 0 Å². The van der Waals surface area contributed by atoms with Crippen molar-refractivity contribution in [2.75, 3.05) is 17.7 Å². The largest absolute Gasteiger partial charge is 0.508 e. The van der Waals surface area contributed by atoms with E-state index in [2.05, 4.69) is 5.10 Å². The molecule has 1 amide bonds. The van der Waals surface area contributed by atoms with Crippen LogP contribution in [-0.4, -0.2) is 27.8 Å². The number of nitrogens with two attached hydrogens (primary N) is 1. The van der Waals surface area contributed by atoms with Gasteiger partial charge in [0, 0.05) is 25.3 Å². The lowest BCUT2D eigenvalue weighted by atomic mass is 10.2. The summed E-state index contributed by atoms with van der Waals surface area (Å²) in [6.07, 6.45) is 1.47. The molecule has 1 heterocycles. The number of hydrogen-bond donors (Lipinski definition) is 2. The third-order valence-corrected chi connectivity index (χ3v) is 2.89. The topological polar surface area (TPSA) is 84.4 Å². The maximum Gasteiger partial charge on any atom is 0.278 e. The van der Waals surface area contributed by atoms with E-state index in [1.165, 1.54) is 17.2 Å². The molecule has 6 heteroatoms. The molecule has 1 aromatic heterocycles. The second kappa shape index (κ2) is 5.01. The van der Waals surface area contributed by atoms with E-state index in [9.17, 15) is 9.90 Å². The Balaban J connectivity index is 2.36. The fraction of sp³-hybridized carbons (Fsp3) is 0.231. The first-order valence-corrected chi connectivity index (χ1v) is 5.93. The first-order valence-electron chi connectivity index (χ1n) is 5.93. The molecule has 0 saturated heterocycles. The number of phenols is 1. The number of aryl methyl sites for hydroxylation is 1. The van der Waals surface area contributed by atoms with Crippen LogP contribution < -0.4 is 10.6 Å². The Morgan fingerprint density at radius 3 is 2.89 bits per heavy atom. The maximum atomic E-state index is 12.4. The SMILES string of the molecule is CCn1ncc(N)c1C(=O)N(C)c1cccc(O)c1. The average Bonchev–Trinajstić information content (AvgIpc) is 2.78. The Labute approximate surface area is 111 Å². The highest BCUT2D eigenvalue weighted by atomic mass is 16.3. The minimum absolute atomic E-state index is 0.106. The molecule has 0 bridgehead atoms. The Bertz CT molecular complexity index is 606. The van der Waals surface area contributed by atoms with Gasteiger partial charge in [0.25, 0.3) is 5.91 Å². The molecule has 100 valence electrons. The van der Waals surface area contributed by atoms with Gasteiger partial charge in [-0.25, -0.2) is 0 Å². The molecule has 0 unspecified atom stereocenters.